The van der Waals surface area contributed by atoms with E-state index in [1.165, 1.54) is 12.5 Å². The van der Waals surface area contributed by atoms with Crippen LogP contribution in [-0.2, 0) is 28.6 Å². The van der Waals surface area contributed by atoms with E-state index < -0.39 is 11.5 Å². The van der Waals surface area contributed by atoms with E-state index in [4.69, 9.17) is 14.2 Å². The SMILES string of the molecule is CCC(C)(C)C(=O)O[C@H]1C[C@@H](C)C=C2C=C[C@H](C)[C@H](CC[C@@H]3C[C@@H](OC(C)=O)CC(=O)O3)[C@H]21. The highest BCUT2D eigenvalue weighted by molar-refractivity contribution is 5.76. The molecule has 6 nitrogen and oxygen atoms in total. The average Bonchev–Trinajstić information content (AvgIpc) is 2.72. The summed E-state index contributed by atoms with van der Waals surface area (Å²) in [5, 5.41) is 0. The van der Waals surface area contributed by atoms with Gasteiger partial charge in [-0.3, -0.25) is 14.4 Å². The number of carbonyl (C=O) groups excluding carboxylic acids is 3. The summed E-state index contributed by atoms with van der Waals surface area (Å²) in [6, 6.07) is 0. The molecule has 0 unspecified atom stereocenters. The number of esters is 3. The fraction of sp³-hybridized carbons (Fsp3) is 0.741. The zero-order valence-corrected chi connectivity index (χ0v) is 21.0. The lowest BCUT2D eigenvalue weighted by atomic mass is 9.65. The number of rotatable bonds is 7. The van der Waals surface area contributed by atoms with Crippen molar-refractivity contribution in [2.24, 2.45) is 29.1 Å². The minimum absolute atomic E-state index is 0.122. The number of hydrogen-bond acceptors (Lipinski definition) is 6. The summed E-state index contributed by atoms with van der Waals surface area (Å²) in [5.74, 6) is 0.283. The van der Waals surface area contributed by atoms with Gasteiger partial charge >= 0.3 is 17.9 Å². The molecule has 3 aliphatic rings. The smallest absolute Gasteiger partial charge is 0.311 e. The van der Waals surface area contributed by atoms with Crippen molar-refractivity contribution in [2.75, 3.05) is 0 Å². The second-order valence-corrected chi connectivity index (χ2v) is 10.8. The number of ether oxygens (including phenoxy) is 3. The molecule has 0 spiro atoms. The summed E-state index contributed by atoms with van der Waals surface area (Å²) >= 11 is 0. The van der Waals surface area contributed by atoms with Gasteiger partial charge in [0.05, 0.1) is 11.8 Å². The molecule has 2 aliphatic carbocycles. The van der Waals surface area contributed by atoms with Gasteiger partial charge in [-0.15, -0.1) is 0 Å². The molecule has 184 valence electrons. The van der Waals surface area contributed by atoms with Crippen LogP contribution in [0.2, 0.25) is 0 Å². The zero-order valence-electron chi connectivity index (χ0n) is 21.0. The molecule has 0 amide bonds. The van der Waals surface area contributed by atoms with Crippen molar-refractivity contribution in [3.05, 3.63) is 23.8 Å². The largest absolute Gasteiger partial charge is 0.462 e. The number of carbonyl (C=O) groups is 3. The minimum Gasteiger partial charge on any atom is -0.462 e. The van der Waals surface area contributed by atoms with Gasteiger partial charge in [0.15, 0.2) is 0 Å². The topological polar surface area (TPSA) is 78.9 Å². The van der Waals surface area contributed by atoms with E-state index in [1.807, 2.05) is 20.8 Å². The van der Waals surface area contributed by atoms with Gasteiger partial charge in [-0.05, 0) is 62.9 Å². The predicted octanol–water partition coefficient (Wildman–Crippen LogP) is 5.16. The van der Waals surface area contributed by atoms with Crippen LogP contribution in [0.4, 0.5) is 0 Å². The zero-order chi connectivity index (χ0) is 24.3. The Morgan fingerprint density at radius 1 is 1.15 bits per heavy atom. The van der Waals surface area contributed by atoms with E-state index in [9.17, 15) is 14.4 Å². The van der Waals surface area contributed by atoms with Gasteiger partial charge in [0.1, 0.15) is 18.3 Å². The van der Waals surface area contributed by atoms with E-state index in [0.29, 0.717) is 24.7 Å². The summed E-state index contributed by atoms with van der Waals surface area (Å²) in [7, 11) is 0. The monoisotopic (exact) mass is 460 g/mol. The Hall–Kier alpha value is -2.11. The van der Waals surface area contributed by atoms with Crippen LogP contribution in [0, 0.1) is 29.1 Å². The molecule has 1 saturated heterocycles. The molecule has 0 saturated carbocycles. The number of hydrogen-bond donors (Lipinski definition) is 0. The molecular weight excluding hydrogens is 420 g/mol. The maximum atomic E-state index is 12.9. The number of cyclic esters (lactones) is 1. The molecule has 1 fully saturated rings. The normalized spacial score (nSPS) is 34.1. The third-order valence-electron chi connectivity index (χ3n) is 7.66. The fourth-order valence-electron chi connectivity index (χ4n) is 5.39. The van der Waals surface area contributed by atoms with Gasteiger partial charge in [-0.2, -0.15) is 0 Å². The van der Waals surface area contributed by atoms with Crippen molar-refractivity contribution in [3.63, 3.8) is 0 Å². The first-order valence-electron chi connectivity index (χ1n) is 12.5. The molecule has 0 aromatic heterocycles. The Morgan fingerprint density at radius 2 is 1.88 bits per heavy atom. The van der Waals surface area contributed by atoms with E-state index >= 15 is 0 Å². The molecule has 0 N–H and O–H groups in total. The fourth-order valence-corrected chi connectivity index (χ4v) is 5.39. The average molecular weight is 461 g/mol. The van der Waals surface area contributed by atoms with Gasteiger partial charge in [0, 0.05) is 19.3 Å². The van der Waals surface area contributed by atoms with E-state index in [1.54, 1.807) is 0 Å². The highest BCUT2D eigenvalue weighted by Gasteiger charge is 2.43. The Bertz CT molecular complexity index is 807. The molecule has 1 heterocycles. The predicted molar refractivity (Wildman–Crippen MR) is 125 cm³/mol. The van der Waals surface area contributed by atoms with E-state index in [2.05, 4.69) is 32.1 Å². The summed E-state index contributed by atoms with van der Waals surface area (Å²) in [4.78, 5) is 36.3. The Labute approximate surface area is 198 Å². The first-order chi connectivity index (χ1) is 15.5. The quantitative estimate of drug-likeness (QED) is 0.386. The molecule has 3 rings (SSSR count). The highest BCUT2D eigenvalue weighted by Crippen LogP contribution is 2.45. The lowest BCUT2D eigenvalue weighted by molar-refractivity contribution is -0.170. The third-order valence-corrected chi connectivity index (χ3v) is 7.66. The second kappa shape index (κ2) is 10.4. The van der Waals surface area contributed by atoms with Crippen molar-refractivity contribution < 1.29 is 28.6 Å². The van der Waals surface area contributed by atoms with Crippen LogP contribution in [0.5, 0.6) is 0 Å². The van der Waals surface area contributed by atoms with Crippen LogP contribution in [0.15, 0.2) is 23.8 Å². The molecule has 0 aromatic rings. The first-order valence-corrected chi connectivity index (χ1v) is 12.5. The molecule has 7 atom stereocenters. The van der Waals surface area contributed by atoms with Gasteiger partial charge in [0.25, 0.3) is 0 Å². The van der Waals surface area contributed by atoms with Crippen LogP contribution in [0.1, 0.15) is 80.1 Å². The van der Waals surface area contributed by atoms with Gasteiger partial charge in [-0.25, -0.2) is 0 Å². The maximum Gasteiger partial charge on any atom is 0.311 e. The summed E-state index contributed by atoms with van der Waals surface area (Å²) in [6.45, 7) is 11.6. The molecule has 33 heavy (non-hydrogen) atoms. The lowest BCUT2D eigenvalue weighted by Crippen LogP contribution is -2.43. The van der Waals surface area contributed by atoms with Crippen LogP contribution < -0.4 is 0 Å². The van der Waals surface area contributed by atoms with Crippen molar-refractivity contribution in [1.29, 1.82) is 0 Å². The molecule has 6 heteroatoms. The van der Waals surface area contributed by atoms with Gasteiger partial charge in [0.2, 0.25) is 0 Å². The standard InChI is InChI=1S/C27H40O6/c1-7-27(5,6)26(30)33-23-13-16(2)12-19-9-8-17(3)22(25(19)23)11-10-20-14-21(31-18(4)28)15-24(29)32-20/h8-9,12,16-17,20-23,25H,7,10-11,13-15H2,1-6H3/t16-,17-,20+,21+,22-,23-,25-/m0/s1. The van der Waals surface area contributed by atoms with E-state index in [-0.39, 0.29) is 48.4 Å². The highest BCUT2D eigenvalue weighted by atomic mass is 16.6. The summed E-state index contributed by atoms with van der Waals surface area (Å²) in [6.07, 6.45) is 9.70. The van der Waals surface area contributed by atoms with Crippen molar-refractivity contribution in [2.45, 2.75) is 98.4 Å². The lowest BCUT2D eigenvalue weighted by Gasteiger charge is -2.44. The van der Waals surface area contributed by atoms with Crippen molar-refractivity contribution in [1.82, 2.24) is 0 Å². The molecule has 1 aliphatic heterocycles. The maximum absolute atomic E-state index is 12.9. The number of allylic oxidation sites excluding steroid dienone is 3. The summed E-state index contributed by atoms with van der Waals surface area (Å²) < 4.78 is 17.0. The first kappa shape index (κ1) is 25.5. The molecule has 0 bridgehead atoms. The van der Waals surface area contributed by atoms with Crippen LogP contribution >= 0.6 is 0 Å². The minimum atomic E-state index is -0.502. The molecule has 0 radical (unpaired) electrons. The number of fused-ring (bicyclic) bond motifs is 1. The summed E-state index contributed by atoms with van der Waals surface area (Å²) in [5.41, 5.74) is 0.750. The van der Waals surface area contributed by atoms with Crippen molar-refractivity contribution in [3.8, 4) is 0 Å². The van der Waals surface area contributed by atoms with Gasteiger partial charge < -0.3 is 14.2 Å². The van der Waals surface area contributed by atoms with Crippen LogP contribution in [0.3, 0.4) is 0 Å². The van der Waals surface area contributed by atoms with E-state index in [0.717, 1.165) is 19.3 Å². The van der Waals surface area contributed by atoms with Crippen molar-refractivity contribution >= 4 is 17.9 Å². The Kier molecular flexibility index (Phi) is 8.07. The molecular formula is C27H40O6. The second-order valence-electron chi connectivity index (χ2n) is 10.8. The van der Waals surface area contributed by atoms with Gasteiger partial charge in [-0.1, -0.05) is 39.0 Å². The third kappa shape index (κ3) is 6.27. The molecule has 0 aromatic carbocycles. The van der Waals surface area contributed by atoms with Crippen LogP contribution in [-0.4, -0.2) is 36.2 Å². The Morgan fingerprint density at radius 3 is 2.55 bits per heavy atom. The van der Waals surface area contributed by atoms with Crippen LogP contribution in [0.25, 0.3) is 0 Å². The Balaban J connectivity index is 1.74.